The third-order valence-corrected chi connectivity index (χ3v) is 3.75. The zero-order valence-electron chi connectivity index (χ0n) is 7.86. The van der Waals surface area contributed by atoms with Crippen LogP contribution in [-0.2, 0) is 0 Å². The van der Waals surface area contributed by atoms with Crippen LogP contribution in [0.2, 0.25) is 0 Å². The lowest BCUT2D eigenvalue weighted by Gasteiger charge is -2.34. The molecule has 1 aliphatic rings. The number of thiophene rings is 1. The van der Waals surface area contributed by atoms with Crippen molar-refractivity contribution in [2.24, 2.45) is 0 Å². The second-order valence-electron chi connectivity index (χ2n) is 3.86. The monoisotopic (exact) mass is 197 g/mol. The van der Waals surface area contributed by atoms with Gasteiger partial charge in [-0.1, -0.05) is 0 Å². The summed E-state index contributed by atoms with van der Waals surface area (Å²) < 4.78 is 0. The number of rotatable bonds is 2. The number of anilines is 1. The van der Waals surface area contributed by atoms with Gasteiger partial charge in [0.05, 0.1) is 17.1 Å². The van der Waals surface area contributed by atoms with Gasteiger partial charge in [0.2, 0.25) is 0 Å². The molecule has 2 nitrogen and oxygen atoms in total. The Kier molecular flexibility index (Phi) is 2.30. The van der Waals surface area contributed by atoms with Gasteiger partial charge < -0.3 is 10.0 Å². The number of hydrogen-bond acceptors (Lipinski definition) is 3. The lowest BCUT2D eigenvalue weighted by molar-refractivity contribution is 0.210. The third-order valence-electron chi connectivity index (χ3n) is 2.86. The number of aliphatic hydroxyl groups is 1. The highest BCUT2D eigenvalue weighted by Gasteiger charge is 2.36. The lowest BCUT2D eigenvalue weighted by atomic mass is 10.0. The quantitative estimate of drug-likeness (QED) is 0.785. The summed E-state index contributed by atoms with van der Waals surface area (Å²) in [6.07, 6.45) is 2.29. The summed E-state index contributed by atoms with van der Waals surface area (Å²) in [4.78, 5) is 2.33. The molecule has 0 radical (unpaired) electrons. The SMILES string of the molecule is C[C@]1(CO)CCCN1c1cccs1. The standard InChI is InChI=1S/C10H15NOS/c1-10(8-12)5-3-6-11(10)9-4-2-7-13-9/h2,4,7,12H,3,5-6,8H2,1H3/t10-/m1/s1. The normalized spacial score (nSPS) is 28.3. The topological polar surface area (TPSA) is 23.5 Å². The maximum absolute atomic E-state index is 9.36. The van der Waals surface area contributed by atoms with Gasteiger partial charge >= 0.3 is 0 Å². The van der Waals surface area contributed by atoms with Crippen LogP contribution in [0.15, 0.2) is 17.5 Å². The lowest BCUT2D eigenvalue weighted by Crippen LogP contribution is -2.43. The van der Waals surface area contributed by atoms with Gasteiger partial charge in [-0.05, 0) is 37.3 Å². The van der Waals surface area contributed by atoms with E-state index < -0.39 is 0 Å². The van der Waals surface area contributed by atoms with E-state index in [9.17, 15) is 5.11 Å². The highest BCUT2D eigenvalue weighted by atomic mass is 32.1. The van der Waals surface area contributed by atoms with Crippen LogP contribution in [0.5, 0.6) is 0 Å². The largest absolute Gasteiger partial charge is 0.394 e. The first kappa shape index (κ1) is 9.03. The van der Waals surface area contributed by atoms with Crippen LogP contribution in [0.25, 0.3) is 0 Å². The summed E-state index contributed by atoms with van der Waals surface area (Å²) >= 11 is 1.75. The van der Waals surface area contributed by atoms with Crippen LogP contribution < -0.4 is 4.90 Å². The van der Waals surface area contributed by atoms with Crippen molar-refractivity contribution in [1.29, 1.82) is 0 Å². The minimum absolute atomic E-state index is 0.0230. The minimum Gasteiger partial charge on any atom is -0.394 e. The van der Waals surface area contributed by atoms with Crippen molar-refractivity contribution in [3.8, 4) is 0 Å². The summed E-state index contributed by atoms with van der Waals surface area (Å²) in [5, 5.41) is 12.7. The summed E-state index contributed by atoms with van der Waals surface area (Å²) in [5.74, 6) is 0. The first-order valence-electron chi connectivity index (χ1n) is 4.68. The van der Waals surface area contributed by atoms with Crippen molar-refractivity contribution in [1.82, 2.24) is 0 Å². The van der Waals surface area contributed by atoms with Gasteiger partial charge in [-0.15, -0.1) is 11.3 Å². The van der Waals surface area contributed by atoms with Gasteiger partial charge in [0.25, 0.3) is 0 Å². The Labute approximate surface area is 82.8 Å². The molecule has 1 aliphatic heterocycles. The molecule has 0 spiro atoms. The molecule has 0 aromatic carbocycles. The second kappa shape index (κ2) is 3.31. The Morgan fingerprint density at radius 1 is 1.69 bits per heavy atom. The van der Waals surface area contributed by atoms with Gasteiger partial charge in [0.15, 0.2) is 0 Å². The molecule has 72 valence electrons. The maximum Gasteiger partial charge on any atom is 0.0913 e. The molecule has 13 heavy (non-hydrogen) atoms. The van der Waals surface area contributed by atoms with Crippen LogP contribution in [-0.4, -0.2) is 23.8 Å². The van der Waals surface area contributed by atoms with Crippen molar-refractivity contribution in [3.05, 3.63) is 17.5 Å². The molecule has 0 bridgehead atoms. The van der Waals surface area contributed by atoms with Crippen LogP contribution in [0.3, 0.4) is 0 Å². The summed E-state index contributed by atoms with van der Waals surface area (Å²) in [5.41, 5.74) is -0.0230. The molecule has 0 amide bonds. The third kappa shape index (κ3) is 1.46. The maximum atomic E-state index is 9.36. The Balaban J connectivity index is 2.24. The first-order chi connectivity index (χ1) is 6.26. The van der Waals surface area contributed by atoms with E-state index in [2.05, 4.69) is 29.3 Å². The van der Waals surface area contributed by atoms with E-state index in [0.717, 1.165) is 13.0 Å². The fraction of sp³-hybridized carbons (Fsp3) is 0.600. The molecule has 0 aliphatic carbocycles. The van der Waals surface area contributed by atoms with Crippen molar-refractivity contribution in [3.63, 3.8) is 0 Å². The summed E-state index contributed by atoms with van der Waals surface area (Å²) in [6.45, 7) is 3.47. The van der Waals surface area contributed by atoms with Crippen molar-refractivity contribution >= 4 is 16.3 Å². The molecule has 0 saturated carbocycles. The number of aliphatic hydroxyl groups excluding tert-OH is 1. The van der Waals surface area contributed by atoms with Gasteiger partial charge in [-0.3, -0.25) is 0 Å². The molecule has 1 aromatic heterocycles. The zero-order valence-corrected chi connectivity index (χ0v) is 8.68. The molecule has 1 N–H and O–H groups in total. The molecular weight excluding hydrogens is 182 g/mol. The highest BCUT2D eigenvalue weighted by molar-refractivity contribution is 7.14. The molecule has 0 unspecified atom stereocenters. The van der Waals surface area contributed by atoms with E-state index in [1.54, 1.807) is 11.3 Å². The predicted molar refractivity (Wildman–Crippen MR) is 56.4 cm³/mol. The molecule has 1 fully saturated rings. The van der Waals surface area contributed by atoms with Gasteiger partial charge in [-0.2, -0.15) is 0 Å². The minimum atomic E-state index is -0.0230. The van der Waals surface area contributed by atoms with E-state index in [4.69, 9.17) is 0 Å². The Bertz CT molecular complexity index is 272. The molecule has 1 saturated heterocycles. The second-order valence-corrected chi connectivity index (χ2v) is 4.79. The van der Waals surface area contributed by atoms with Crippen LogP contribution >= 0.6 is 11.3 Å². The van der Waals surface area contributed by atoms with Crippen LogP contribution in [0, 0.1) is 0 Å². The number of hydrogen-bond donors (Lipinski definition) is 1. The van der Waals surface area contributed by atoms with Crippen molar-refractivity contribution < 1.29 is 5.11 Å². The fourth-order valence-corrected chi connectivity index (χ4v) is 2.88. The molecule has 2 heterocycles. The van der Waals surface area contributed by atoms with E-state index in [1.165, 1.54) is 11.4 Å². The van der Waals surface area contributed by atoms with E-state index >= 15 is 0 Å². The van der Waals surface area contributed by atoms with Crippen LogP contribution in [0.4, 0.5) is 5.00 Å². The molecule has 2 rings (SSSR count). The highest BCUT2D eigenvalue weighted by Crippen LogP contribution is 2.35. The summed E-state index contributed by atoms with van der Waals surface area (Å²) in [6, 6.07) is 4.19. The summed E-state index contributed by atoms with van der Waals surface area (Å²) in [7, 11) is 0. The zero-order chi connectivity index (χ0) is 9.31. The van der Waals surface area contributed by atoms with Crippen LogP contribution in [0.1, 0.15) is 19.8 Å². The van der Waals surface area contributed by atoms with Gasteiger partial charge in [-0.25, -0.2) is 0 Å². The Hall–Kier alpha value is -0.540. The van der Waals surface area contributed by atoms with Gasteiger partial charge in [0, 0.05) is 6.54 Å². The average Bonchev–Trinajstić information content (AvgIpc) is 2.73. The van der Waals surface area contributed by atoms with Crippen molar-refractivity contribution in [2.45, 2.75) is 25.3 Å². The molecule has 3 heteroatoms. The van der Waals surface area contributed by atoms with Gasteiger partial charge in [0.1, 0.15) is 0 Å². The number of nitrogens with zero attached hydrogens (tertiary/aromatic N) is 1. The van der Waals surface area contributed by atoms with Crippen molar-refractivity contribution in [2.75, 3.05) is 18.1 Å². The predicted octanol–water partition coefficient (Wildman–Crippen LogP) is 2.10. The molecule has 1 atom stereocenters. The average molecular weight is 197 g/mol. The molecular formula is C10H15NOS. The smallest absolute Gasteiger partial charge is 0.0913 e. The Morgan fingerprint density at radius 2 is 2.54 bits per heavy atom. The van der Waals surface area contributed by atoms with E-state index in [0.29, 0.717) is 0 Å². The van der Waals surface area contributed by atoms with E-state index in [-0.39, 0.29) is 12.1 Å². The Morgan fingerprint density at radius 3 is 3.15 bits per heavy atom. The first-order valence-corrected chi connectivity index (χ1v) is 5.56. The van der Waals surface area contributed by atoms with E-state index in [1.807, 2.05) is 0 Å². The molecule has 1 aromatic rings. The fourth-order valence-electron chi connectivity index (χ4n) is 1.99.